The average molecular weight is 250 g/mol. The molecule has 0 radical (unpaired) electrons. The quantitative estimate of drug-likeness (QED) is 0.575. The summed E-state index contributed by atoms with van der Waals surface area (Å²) < 4.78 is 0. The van der Waals surface area contributed by atoms with Gasteiger partial charge in [0.25, 0.3) is 0 Å². The van der Waals surface area contributed by atoms with Gasteiger partial charge in [0.2, 0.25) is 0 Å². The van der Waals surface area contributed by atoms with Gasteiger partial charge in [-0.25, -0.2) is 4.79 Å². The highest BCUT2D eigenvalue weighted by Gasteiger charge is 2.13. The Bertz CT molecular complexity index is 437. The molecule has 0 atom stereocenters. The van der Waals surface area contributed by atoms with Crippen molar-refractivity contribution < 1.29 is 19.8 Å². The van der Waals surface area contributed by atoms with Crippen LogP contribution in [0.15, 0.2) is 18.2 Å². The maximum absolute atomic E-state index is 11.8. The van der Waals surface area contributed by atoms with E-state index in [2.05, 4.69) is 6.92 Å². The van der Waals surface area contributed by atoms with Crippen molar-refractivity contribution in [2.75, 3.05) is 0 Å². The SMILES string of the molecule is CCCCCCC(=O)c1ccc(O)c(C(=O)O)c1. The number of carbonyl (C=O) groups is 2. The number of rotatable bonds is 7. The standard InChI is InChI=1S/C14H18O4/c1-2-3-4-5-6-12(15)10-7-8-13(16)11(9-10)14(17)18/h7-9,16H,2-6H2,1H3,(H,17,18). The lowest BCUT2D eigenvalue weighted by Gasteiger charge is -2.04. The Morgan fingerprint density at radius 2 is 1.89 bits per heavy atom. The van der Waals surface area contributed by atoms with E-state index in [1.165, 1.54) is 18.2 Å². The average Bonchev–Trinajstić information content (AvgIpc) is 2.34. The first-order valence-corrected chi connectivity index (χ1v) is 6.15. The highest BCUT2D eigenvalue weighted by Crippen LogP contribution is 2.20. The molecule has 1 aromatic carbocycles. The summed E-state index contributed by atoms with van der Waals surface area (Å²) in [5.41, 5.74) is 0.121. The first-order chi connectivity index (χ1) is 8.56. The second-order valence-corrected chi connectivity index (χ2v) is 4.27. The van der Waals surface area contributed by atoms with Crippen LogP contribution >= 0.6 is 0 Å². The van der Waals surface area contributed by atoms with Crippen LogP contribution in [-0.2, 0) is 0 Å². The highest BCUT2D eigenvalue weighted by atomic mass is 16.4. The van der Waals surface area contributed by atoms with E-state index in [9.17, 15) is 14.7 Å². The molecule has 98 valence electrons. The number of aromatic hydroxyl groups is 1. The number of carboxylic acid groups (broad SMARTS) is 1. The van der Waals surface area contributed by atoms with Crippen LogP contribution in [0.3, 0.4) is 0 Å². The molecular weight excluding hydrogens is 232 g/mol. The first kappa shape index (κ1) is 14.2. The smallest absolute Gasteiger partial charge is 0.339 e. The van der Waals surface area contributed by atoms with E-state index in [0.29, 0.717) is 12.0 Å². The van der Waals surface area contributed by atoms with E-state index >= 15 is 0 Å². The molecule has 0 aromatic heterocycles. The lowest BCUT2D eigenvalue weighted by atomic mass is 10.0. The van der Waals surface area contributed by atoms with E-state index in [1.807, 2.05) is 0 Å². The molecule has 0 heterocycles. The summed E-state index contributed by atoms with van der Waals surface area (Å²) in [6.07, 6.45) is 4.45. The van der Waals surface area contributed by atoms with Crippen LogP contribution in [0.1, 0.15) is 59.7 Å². The molecule has 0 aliphatic heterocycles. The van der Waals surface area contributed by atoms with Gasteiger partial charge in [0, 0.05) is 12.0 Å². The van der Waals surface area contributed by atoms with E-state index < -0.39 is 5.97 Å². The Balaban J connectivity index is 2.68. The first-order valence-electron chi connectivity index (χ1n) is 6.15. The minimum absolute atomic E-state index is 0.0754. The van der Waals surface area contributed by atoms with E-state index in [0.717, 1.165) is 25.7 Å². The number of hydrogen-bond acceptors (Lipinski definition) is 3. The molecular formula is C14H18O4. The largest absolute Gasteiger partial charge is 0.507 e. The van der Waals surface area contributed by atoms with E-state index in [4.69, 9.17) is 5.11 Å². The molecule has 0 bridgehead atoms. The van der Waals surface area contributed by atoms with Crippen LogP contribution in [0.25, 0.3) is 0 Å². The predicted octanol–water partition coefficient (Wildman–Crippen LogP) is 3.24. The van der Waals surface area contributed by atoms with Crippen molar-refractivity contribution in [1.82, 2.24) is 0 Å². The fraction of sp³-hybridized carbons (Fsp3) is 0.429. The van der Waals surface area contributed by atoms with Gasteiger partial charge in [-0.2, -0.15) is 0 Å². The lowest BCUT2D eigenvalue weighted by molar-refractivity contribution is 0.0693. The van der Waals surface area contributed by atoms with Gasteiger partial charge in [0.1, 0.15) is 11.3 Å². The highest BCUT2D eigenvalue weighted by molar-refractivity contribution is 5.99. The van der Waals surface area contributed by atoms with E-state index in [1.54, 1.807) is 0 Å². The van der Waals surface area contributed by atoms with Crippen LogP contribution in [0, 0.1) is 0 Å². The third-order valence-corrected chi connectivity index (χ3v) is 2.81. The molecule has 0 spiro atoms. The molecule has 0 fully saturated rings. The second kappa shape index (κ2) is 6.79. The van der Waals surface area contributed by atoms with Gasteiger partial charge in [-0.05, 0) is 24.6 Å². The fourth-order valence-electron chi connectivity index (χ4n) is 1.74. The molecule has 0 aliphatic rings. The number of ketones is 1. The summed E-state index contributed by atoms with van der Waals surface area (Å²) in [4.78, 5) is 22.6. The molecule has 0 amide bonds. The van der Waals surface area contributed by atoms with E-state index in [-0.39, 0.29) is 17.1 Å². The van der Waals surface area contributed by atoms with Gasteiger partial charge in [-0.3, -0.25) is 4.79 Å². The Hall–Kier alpha value is -1.84. The minimum atomic E-state index is -1.23. The molecule has 0 aliphatic carbocycles. The molecule has 1 aromatic rings. The summed E-state index contributed by atoms with van der Waals surface area (Å²) in [5.74, 6) is -1.62. The number of hydrogen-bond donors (Lipinski definition) is 2. The molecule has 0 saturated heterocycles. The predicted molar refractivity (Wildman–Crippen MR) is 68.2 cm³/mol. The lowest BCUT2D eigenvalue weighted by Crippen LogP contribution is -2.03. The van der Waals surface area contributed by atoms with Gasteiger partial charge < -0.3 is 10.2 Å². The monoisotopic (exact) mass is 250 g/mol. The van der Waals surface area contributed by atoms with Crippen molar-refractivity contribution in [3.8, 4) is 5.75 Å². The van der Waals surface area contributed by atoms with Crippen LogP contribution in [0.2, 0.25) is 0 Å². The van der Waals surface area contributed by atoms with Crippen molar-refractivity contribution in [2.24, 2.45) is 0 Å². The summed E-state index contributed by atoms with van der Waals surface area (Å²) in [6, 6.07) is 3.95. The normalized spacial score (nSPS) is 10.3. The number of phenols is 1. The van der Waals surface area contributed by atoms with Crippen molar-refractivity contribution >= 4 is 11.8 Å². The fourth-order valence-corrected chi connectivity index (χ4v) is 1.74. The van der Waals surface area contributed by atoms with Crippen LogP contribution < -0.4 is 0 Å². The summed E-state index contributed by atoms with van der Waals surface area (Å²) in [6.45, 7) is 2.10. The van der Waals surface area contributed by atoms with Gasteiger partial charge in [-0.1, -0.05) is 26.2 Å². The summed E-state index contributed by atoms with van der Waals surface area (Å²) in [5, 5.41) is 18.2. The molecule has 0 saturated carbocycles. The van der Waals surface area contributed by atoms with Crippen molar-refractivity contribution in [3.63, 3.8) is 0 Å². The zero-order chi connectivity index (χ0) is 13.5. The van der Waals surface area contributed by atoms with Crippen LogP contribution in [0.4, 0.5) is 0 Å². The number of Topliss-reactive ketones (excluding diaryl/α,β-unsaturated/α-hetero) is 1. The van der Waals surface area contributed by atoms with Gasteiger partial charge in [-0.15, -0.1) is 0 Å². The van der Waals surface area contributed by atoms with Gasteiger partial charge in [0.05, 0.1) is 0 Å². The van der Waals surface area contributed by atoms with Gasteiger partial charge in [0.15, 0.2) is 5.78 Å². The van der Waals surface area contributed by atoms with Crippen molar-refractivity contribution in [2.45, 2.75) is 39.0 Å². The number of carboxylic acids is 1. The van der Waals surface area contributed by atoms with Crippen LogP contribution in [0.5, 0.6) is 5.75 Å². The maximum Gasteiger partial charge on any atom is 0.339 e. The molecule has 4 nitrogen and oxygen atoms in total. The van der Waals surface area contributed by atoms with Crippen molar-refractivity contribution in [1.29, 1.82) is 0 Å². The Morgan fingerprint density at radius 1 is 1.17 bits per heavy atom. The Kier molecular flexibility index (Phi) is 5.36. The van der Waals surface area contributed by atoms with Crippen molar-refractivity contribution in [3.05, 3.63) is 29.3 Å². The molecule has 1 rings (SSSR count). The third-order valence-electron chi connectivity index (χ3n) is 2.81. The zero-order valence-corrected chi connectivity index (χ0v) is 10.5. The second-order valence-electron chi connectivity index (χ2n) is 4.27. The number of unbranched alkanes of at least 4 members (excludes halogenated alkanes) is 3. The Morgan fingerprint density at radius 3 is 2.50 bits per heavy atom. The van der Waals surface area contributed by atoms with Gasteiger partial charge >= 0.3 is 5.97 Å². The zero-order valence-electron chi connectivity index (χ0n) is 10.5. The summed E-state index contributed by atoms with van der Waals surface area (Å²) in [7, 11) is 0. The minimum Gasteiger partial charge on any atom is -0.507 e. The van der Waals surface area contributed by atoms with Crippen LogP contribution in [-0.4, -0.2) is 22.0 Å². The summed E-state index contributed by atoms with van der Waals surface area (Å²) >= 11 is 0. The topological polar surface area (TPSA) is 74.6 Å². The number of carbonyl (C=O) groups excluding carboxylic acids is 1. The maximum atomic E-state index is 11.8. The molecule has 2 N–H and O–H groups in total. The Labute approximate surface area is 106 Å². The molecule has 0 unspecified atom stereocenters. The molecule has 4 heteroatoms. The number of aromatic carboxylic acids is 1. The third kappa shape index (κ3) is 3.87. The number of benzene rings is 1. The molecule has 18 heavy (non-hydrogen) atoms.